The standard InChI is InChI=1S/2C48H30N4.C42H26N4/c1-3-13-31(14-4-1)32-25-28-35(29-26-32)51-40-21-10-9-19-37(40)38-20-11-22-41-44(38)45-42(51)23-12-24-43(45)52(41)48-46(34-16-5-2-6-17-34)50-47-36-18-8-7-15-33(36)27-30-39(47)49-48;1-3-13-31(14-4-1)32-25-28-35(29-26-32)51-40-21-10-9-19-37(40)38-20-11-22-41-44(38)45-42(51)23-12-24-43(45)52(41)48-46(34-16-5-2-6-17-34)49-39-30-27-33-15-7-8-18-36(33)47(39)50-48;1-3-14-28(15-4-1)40-42(43-33-26-25-27-13-7-8-18-30(27)41(33)44-40)46-35-22-11-20-32-31-19-9-10-21-34(31)45(29-16-5-2-6-17-29)36-23-12-24-37(46)39(36)38(32)35/h2*1-30H;1-26H. The zero-order chi connectivity index (χ0) is 98.5. The van der Waals surface area contributed by atoms with Crippen molar-refractivity contribution in [2.45, 2.75) is 0 Å². The molecule has 698 valence electrons. The fraction of sp³-hybridized carbons (Fsp3) is 0. The summed E-state index contributed by atoms with van der Waals surface area (Å²) in [6, 6.07) is 185. The van der Waals surface area contributed by atoms with Crippen LogP contribution in [-0.2, 0) is 0 Å². The van der Waals surface area contributed by atoms with Gasteiger partial charge in [0.05, 0.1) is 99.3 Å². The Labute approximate surface area is 859 Å². The van der Waals surface area contributed by atoms with Crippen LogP contribution in [0.4, 0.5) is 0 Å². The number of hydrogen-bond acceptors (Lipinski definition) is 6. The van der Waals surface area contributed by atoms with Crippen molar-refractivity contribution in [2.24, 2.45) is 0 Å². The van der Waals surface area contributed by atoms with Gasteiger partial charge in [-0.15, -0.1) is 0 Å². The second kappa shape index (κ2) is 34.7. The molecule has 12 nitrogen and oxygen atoms in total. The maximum absolute atomic E-state index is 5.57. The van der Waals surface area contributed by atoms with E-state index in [1.54, 1.807) is 0 Å². The molecule has 23 aromatic carbocycles. The molecule has 0 amide bonds. The third kappa shape index (κ3) is 13.6. The summed E-state index contributed by atoms with van der Waals surface area (Å²) in [6.45, 7) is 0. The summed E-state index contributed by atoms with van der Waals surface area (Å²) in [7, 11) is 0. The summed E-state index contributed by atoms with van der Waals surface area (Å²) >= 11 is 0. The summed E-state index contributed by atoms with van der Waals surface area (Å²) in [6.07, 6.45) is 0. The SMILES string of the molecule is c1ccc(-c2ccc(-n3c4ccccc4c4cccc5c4c4c3cccc4n5-c3nc4c(ccc5ccccc54)nc3-c3ccccc3)cc2)cc1.c1ccc(-c2ccc(-n3c4ccccc4c4cccc5c4c4c3cccc4n5-c3nc4ccc5ccccc5c4nc3-c3ccccc3)cc2)cc1.c1ccc(-c2nc3c(ccc4ccccc43)nc2-n2c3cccc4c5ccccc5n(-c5ccccc5)c5cccc2c5c43)cc1. The van der Waals surface area contributed by atoms with Gasteiger partial charge in [-0.25, -0.2) is 29.9 Å². The molecular weight excluding hydrogens is 1830 g/mol. The van der Waals surface area contributed by atoms with Crippen molar-refractivity contribution in [3.05, 3.63) is 522 Å². The highest BCUT2D eigenvalue weighted by Crippen LogP contribution is 2.50. The van der Waals surface area contributed by atoms with Gasteiger partial charge in [0.1, 0.15) is 17.1 Å². The van der Waals surface area contributed by atoms with Crippen molar-refractivity contribution in [1.82, 2.24) is 57.3 Å². The van der Waals surface area contributed by atoms with E-state index in [2.05, 4.69) is 543 Å². The van der Waals surface area contributed by atoms with E-state index in [0.29, 0.717) is 0 Å². The number of nitrogens with zero attached hydrogens (tertiary/aromatic N) is 12. The molecule has 0 aliphatic carbocycles. The zero-order valence-electron chi connectivity index (χ0n) is 81.0. The van der Waals surface area contributed by atoms with Crippen LogP contribution in [0.1, 0.15) is 0 Å². The Kier molecular flexibility index (Phi) is 19.7. The normalized spacial score (nSPS) is 11.9. The summed E-state index contributed by atoms with van der Waals surface area (Å²) in [5, 5.41) is 21.2. The molecule has 9 heterocycles. The second-order valence-corrected chi connectivity index (χ2v) is 38.6. The molecule has 0 spiro atoms. The third-order valence-electron chi connectivity index (χ3n) is 30.3. The molecule has 0 fully saturated rings. The predicted octanol–water partition coefficient (Wildman–Crippen LogP) is 35.3. The van der Waals surface area contributed by atoms with E-state index in [4.69, 9.17) is 29.9 Å². The largest absolute Gasteiger partial charge is 0.309 e. The van der Waals surface area contributed by atoms with Crippen molar-refractivity contribution in [3.63, 3.8) is 0 Å². The molecule has 0 saturated carbocycles. The third-order valence-corrected chi connectivity index (χ3v) is 30.3. The lowest BCUT2D eigenvalue weighted by Gasteiger charge is -2.16. The van der Waals surface area contributed by atoms with Crippen molar-refractivity contribution in [3.8, 4) is 90.5 Å². The van der Waals surface area contributed by atoms with Gasteiger partial charge in [-0.1, -0.05) is 394 Å². The molecule has 150 heavy (non-hydrogen) atoms. The van der Waals surface area contributed by atoms with Crippen LogP contribution >= 0.6 is 0 Å². The van der Waals surface area contributed by atoms with Gasteiger partial charge < -0.3 is 13.7 Å². The molecule has 0 aliphatic heterocycles. The number of aromatic nitrogens is 12. The fourth-order valence-electron chi connectivity index (χ4n) is 23.7. The van der Waals surface area contributed by atoms with Crippen molar-refractivity contribution in [1.29, 1.82) is 0 Å². The van der Waals surface area contributed by atoms with Gasteiger partial charge in [0.25, 0.3) is 0 Å². The average Bonchev–Trinajstić information content (AvgIpc) is 1.55. The Morgan fingerprint density at radius 3 is 0.673 bits per heavy atom. The molecule has 0 atom stereocenters. The predicted molar refractivity (Wildman–Crippen MR) is 624 cm³/mol. The maximum atomic E-state index is 5.57. The molecule has 12 heteroatoms. The highest BCUT2D eigenvalue weighted by molar-refractivity contribution is 6.32. The van der Waals surface area contributed by atoms with Crippen LogP contribution in [0.3, 0.4) is 0 Å². The Balaban J connectivity index is 0.000000104. The molecule has 0 aliphatic rings. The minimum absolute atomic E-state index is 0.816. The zero-order valence-corrected chi connectivity index (χ0v) is 81.0. The minimum Gasteiger partial charge on any atom is -0.309 e. The number of hydrogen-bond donors (Lipinski definition) is 0. The Hall–Kier alpha value is -20.3. The van der Waals surface area contributed by atoms with Gasteiger partial charge in [-0.2, -0.15) is 0 Å². The summed E-state index contributed by atoms with van der Waals surface area (Å²) in [5.41, 5.74) is 32.6. The first kappa shape index (κ1) is 85.3. The van der Waals surface area contributed by atoms with Crippen LogP contribution in [0, 0.1) is 0 Å². The van der Waals surface area contributed by atoms with Crippen LogP contribution in [-0.4, -0.2) is 57.3 Å². The van der Waals surface area contributed by atoms with Crippen LogP contribution in [0.25, 0.3) is 287 Å². The molecular formula is C138H86N12. The summed E-state index contributed by atoms with van der Waals surface area (Å²) in [4.78, 5) is 32.8. The summed E-state index contributed by atoms with van der Waals surface area (Å²) in [5.74, 6) is 2.45. The first-order valence-electron chi connectivity index (χ1n) is 51.0. The average molecular weight is 1910 g/mol. The molecule has 9 aromatic heterocycles. The first-order chi connectivity index (χ1) is 74.5. The van der Waals surface area contributed by atoms with E-state index in [-0.39, 0.29) is 0 Å². The lowest BCUT2D eigenvalue weighted by Crippen LogP contribution is -2.04. The van der Waals surface area contributed by atoms with Crippen LogP contribution < -0.4 is 0 Å². The topological polar surface area (TPSA) is 107 Å². The quantitative estimate of drug-likeness (QED) is 0.119. The second-order valence-electron chi connectivity index (χ2n) is 38.6. The highest BCUT2D eigenvalue weighted by Gasteiger charge is 2.30. The number of benzene rings is 23. The Morgan fingerprint density at radius 1 is 0.120 bits per heavy atom. The van der Waals surface area contributed by atoms with Crippen LogP contribution in [0.5, 0.6) is 0 Å². The van der Waals surface area contributed by atoms with Gasteiger partial charge in [-0.05, 0) is 182 Å². The van der Waals surface area contributed by atoms with Gasteiger partial charge in [0, 0.05) is 98.4 Å². The van der Waals surface area contributed by atoms with E-state index in [0.717, 1.165) is 194 Å². The fourth-order valence-corrected chi connectivity index (χ4v) is 23.7. The van der Waals surface area contributed by atoms with Crippen LogP contribution in [0.15, 0.2) is 522 Å². The molecule has 0 bridgehead atoms. The van der Waals surface area contributed by atoms with E-state index >= 15 is 0 Å². The highest BCUT2D eigenvalue weighted by atomic mass is 15.1. The molecule has 32 aromatic rings. The molecule has 0 radical (unpaired) electrons. The van der Waals surface area contributed by atoms with Crippen molar-refractivity contribution < 1.29 is 0 Å². The molecule has 0 saturated heterocycles. The number of fused-ring (bicyclic) bond motifs is 15. The molecule has 0 unspecified atom stereocenters. The van der Waals surface area contributed by atoms with E-state index in [1.807, 2.05) is 6.07 Å². The Bertz CT molecular complexity index is 11100. The number of rotatable bonds is 11. The van der Waals surface area contributed by atoms with E-state index in [9.17, 15) is 0 Å². The lowest BCUT2D eigenvalue weighted by atomic mass is 10.1. The minimum atomic E-state index is 0.816. The molecule has 32 rings (SSSR count). The van der Waals surface area contributed by atoms with E-state index < -0.39 is 0 Å². The molecule has 0 N–H and O–H groups in total. The first-order valence-corrected chi connectivity index (χ1v) is 51.0. The van der Waals surface area contributed by atoms with Crippen LogP contribution in [0.2, 0.25) is 0 Å². The van der Waals surface area contributed by atoms with Gasteiger partial charge in [0.2, 0.25) is 0 Å². The monoisotopic (exact) mass is 1910 g/mol. The number of para-hydroxylation sites is 4. The van der Waals surface area contributed by atoms with E-state index in [1.165, 1.54) is 92.4 Å². The van der Waals surface area contributed by atoms with Gasteiger partial charge in [0.15, 0.2) is 17.5 Å². The lowest BCUT2D eigenvalue weighted by molar-refractivity contribution is 1.08. The van der Waals surface area contributed by atoms with Crippen molar-refractivity contribution in [2.75, 3.05) is 0 Å². The van der Waals surface area contributed by atoms with Crippen molar-refractivity contribution >= 4 is 196 Å². The Morgan fingerprint density at radius 2 is 0.340 bits per heavy atom. The van der Waals surface area contributed by atoms with Gasteiger partial charge in [-0.3, -0.25) is 13.7 Å². The summed E-state index contributed by atoms with van der Waals surface area (Å²) < 4.78 is 14.3. The maximum Gasteiger partial charge on any atom is 0.165 e. The van der Waals surface area contributed by atoms with Gasteiger partial charge >= 0.3 is 0 Å². The smallest absolute Gasteiger partial charge is 0.165 e.